The molecule has 1 aliphatic heterocycles. The van der Waals surface area contributed by atoms with Gasteiger partial charge in [-0.05, 0) is 68.3 Å². The van der Waals surface area contributed by atoms with Crippen molar-refractivity contribution >= 4 is 11.8 Å². The summed E-state index contributed by atoms with van der Waals surface area (Å²) in [5, 5.41) is 0. The number of nitrogens with zero attached hydrogens (tertiary/aromatic N) is 3. The topological polar surface area (TPSA) is 54.8 Å². The Hall–Kier alpha value is -3.54. The second-order valence-corrected chi connectivity index (χ2v) is 9.20. The van der Waals surface area contributed by atoms with Gasteiger partial charge in [-0.3, -0.25) is 9.59 Å². The maximum absolute atomic E-state index is 13.6. The molecule has 2 aromatic carbocycles. The summed E-state index contributed by atoms with van der Waals surface area (Å²) in [5.41, 5.74) is 5.79. The normalized spacial score (nSPS) is 13.7. The molecule has 1 aliphatic rings. The molecule has 1 aromatic heterocycles. The van der Waals surface area contributed by atoms with Gasteiger partial charge in [0.25, 0.3) is 5.91 Å². The van der Waals surface area contributed by atoms with Crippen LogP contribution in [0.1, 0.15) is 47.8 Å². The highest BCUT2D eigenvalue weighted by atomic mass is 16.5. The summed E-state index contributed by atoms with van der Waals surface area (Å²) in [7, 11) is 1.65. The van der Waals surface area contributed by atoms with Crippen molar-refractivity contribution in [2.75, 3.05) is 33.3 Å². The zero-order valence-electron chi connectivity index (χ0n) is 21.2. The van der Waals surface area contributed by atoms with Gasteiger partial charge in [0, 0.05) is 44.0 Å². The average Bonchev–Trinajstić information content (AvgIpc) is 3.24. The van der Waals surface area contributed by atoms with Gasteiger partial charge in [-0.25, -0.2) is 0 Å². The third kappa shape index (κ3) is 5.26. The fourth-order valence-corrected chi connectivity index (χ4v) is 4.64. The van der Waals surface area contributed by atoms with Crippen LogP contribution in [0.15, 0.2) is 54.6 Å². The predicted octanol–water partition coefficient (Wildman–Crippen LogP) is 5.24. The van der Waals surface area contributed by atoms with Gasteiger partial charge in [-0.15, -0.1) is 0 Å². The van der Waals surface area contributed by atoms with Crippen LogP contribution in [0.3, 0.4) is 0 Å². The Morgan fingerprint density at radius 3 is 2.11 bits per heavy atom. The SMILES string of the molecule is CCCCC(=O)N1CCN(C(=O)c2cc(-c3ccc(OC)cc3)n(-c3ccc(C)cc3)c2C)CC1. The molecule has 1 saturated heterocycles. The maximum Gasteiger partial charge on any atom is 0.255 e. The van der Waals surface area contributed by atoms with E-state index in [4.69, 9.17) is 4.74 Å². The van der Waals surface area contributed by atoms with E-state index < -0.39 is 0 Å². The van der Waals surface area contributed by atoms with E-state index in [1.807, 2.05) is 47.1 Å². The quantitative estimate of drug-likeness (QED) is 0.471. The summed E-state index contributed by atoms with van der Waals surface area (Å²) in [6, 6.07) is 18.3. The number of ether oxygens (including phenoxy) is 1. The standard InChI is InChI=1S/C29H35N3O3/c1-5-6-7-28(33)30-16-18-31(19-17-30)29(34)26-20-27(23-10-14-25(35-4)15-11-23)32(22(26)3)24-12-8-21(2)9-13-24/h8-15,20H,5-7,16-19H2,1-4H3. The molecular formula is C29H35N3O3. The minimum absolute atomic E-state index is 0.0174. The number of aromatic nitrogens is 1. The van der Waals surface area contributed by atoms with Crippen molar-refractivity contribution in [3.8, 4) is 22.7 Å². The Balaban J connectivity index is 1.63. The largest absolute Gasteiger partial charge is 0.497 e. The first kappa shape index (κ1) is 24.6. The lowest BCUT2D eigenvalue weighted by Gasteiger charge is -2.35. The molecule has 0 aliphatic carbocycles. The summed E-state index contributed by atoms with van der Waals surface area (Å²) in [5.74, 6) is 1.01. The number of hydrogen-bond acceptors (Lipinski definition) is 3. The average molecular weight is 474 g/mol. The number of amides is 2. The first-order chi connectivity index (χ1) is 16.9. The molecule has 2 amide bonds. The van der Waals surface area contributed by atoms with Gasteiger partial charge in [0.05, 0.1) is 18.4 Å². The van der Waals surface area contributed by atoms with E-state index >= 15 is 0 Å². The van der Waals surface area contributed by atoms with Crippen molar-refractivity contribution in [3.63, 3.8) is 0 Å². The molecule has 2 heterocycles. The smallest absolute Gasteiger partial charge is 0.255 e. The van der Waals surface area contributed by atoms with E-state index in [0.29, 0.717) is 38.2 Å². The molecular weight excluding hydrogens is 438 g/mol. The van der Waals surface area contributed by atoms with Crippen molar-refractivity contribution in [1.82, 2.24) is 14.4 Å². The van der Waals surface area contributed by atoms with Gasteiger partial charge in [-0.2, -0.15) is 0 Å². The Labute approximate surface area is 208 Å². The van der Waals surface area contributed by atoms with E-state index in [1.54, 1.807) is 7.11 Å². The molecule has 0 unspecified atom stereocenters. The fraction of sp³-hybridized carbons (Fsp3) is 0.379. The molecule has 0 radical (unpaired) electrons. The molecule has 0 N–H and O–H groups in total. The Kier molecular flexibility index (Phi) is 7.59. The number of piperazine rings is 1. The molecule has 184 valence electrons. The number of carbonyl (C=O) groups is 2. The van der Waals surface area contributed by atoms with Gasteiger partial charge >= 0.3 is 0 Å². The third-order valence-corrected chi connectivity index (χ3v) is 6.82. The van der Waals surface area contributed by atoms with Crippen LogP contribution in [0.4, 0.5) is 0 Å². The number of carbonyl (C=O) groups excluding carboxylic acids is 2. The number of unbranched alkanes of at least 4 members (excludes halogenated alkanes) is 1. The van der Waals surface area contributed by atoms with Crippen molar-refractivity contribution < 1.29 is 14.3 Å². The van der Waals surface area contributed by atoms with Crippen LogP contribution in [0.2, 0.25) is 0 Å². The molecule has 6 heteroatoms. The van der Waals surface area contributed by atoms with Crippen LogP contribution in [0.25, 0.3) is 16.9 Å². The summed E-state index contributed by atoms with van der Waals surface area (Å²) < 4.78 is 7.48. The lowest BCUT2D eigenvalue weighted by molar-refractivity contribution is -0.132. The van der Waals surface area contributed by atoms with E-state index in [9.17, 15) is 9.59 Å². The van der Waals surface area contributed by atoms with Crippen LogP contribution >= 0.6 is 0 Å². The van der Waals surface area contributed by atoms with Crippen molar-refractivity contribution in [1.29, 1.82) is 0 Å². The van der Waals surface area contributed by atoms with Gasteiger partial charge in [-0.1, -0.05) is 31.0 Å². The van der Waals surface area contributed by atoms with E-state index in [1.165, 1.54) is 5.56 Å². The van der Waals surface area contributed by atoms with Gasteiger partial charge < -0.3 is 19.1 Å². The molecule has 1 fully saturated rings. The minimum Gasteiger partial charge on any atom is -0.497 e. The molecule has 4 rings (SSSR count). The predicted molar refractivity (Wildman–Crippen MR) is 139 cm³/mol. The molecule has 0 atom stereocenters. The summed E-state index contributed by atoms with van der Waals surface area (Å²) in [6.45, 7) is 8.47. The monoisotopic (exact) mass is 473 g/mol. The van der Waals surface area contributed by atoms with E-state index in [0.717, 1.165) is 41.2 Å². The van der Waals surface area contributed by atoms with Crippen molar-refractivity contribution in [2.45, 2.75) is 40.0 Å². The van der Waals surface area contributed by atoms with Crippen molar-refractivity contribution in [3.05, 3.63) is 71.4 Å². The summed E-state index contributed by atoms with van der Waals surface area (Å²) >= 11 is 0. The van der Waals surface area contributed by atoms with E-state index in [2.05, 4.69) is 42.7 Å². The second kappa shape index (κ2) is 10.8. The van der Waals surface area contributed by atoms with Crippen LogP contribution in [-0.2, 0) is 4.79 Å². The molecule has 3 aromatic rings. The highest BCUT2D eigenvalue weighted by molar-refractivity contribution is 5.97. The van der Waals surface area contributed by atoms with Crippen molar-refractivity contribution in [2.24, 2.45) is 0 Å². The molecule has 35 heavy (non-hydrogen) atoms. The number of hydrogen-bond donors (Lipinski definition) is 0. The molecule has 0 saturated carbocycles. The minimum atomic E-state index is 0.0174. The summed E-state index contributed by atoms with van der Waals surface area (Å²) in [4.78, 5) is 29.8. The third-order valence-electron chi connectivity index (χ3n) is 6.82. The first-order valence-electron chi connectivity index (χ1n) is 12.4. The van der Waals surface area contributed by atoms with Gasteiger partial charge in [0.1, 0.15) is 5.75 Å². The van der Waals surface area contributed by atoms with Crippen LogP contribution in [-0.4, -0.2) is 59.5 Å². The second-order valence-electron chi connectivity index (χ2n) is 9.20. The highest BCUT2D eigenvalue weighted by Gasteiger charge is 2.28. The van der Waals surface area contributed by atoms with Gasteiger partial charge in [0.15, 0.2) is 0 Å². The van der Waals surface area contributed by atoms with Gasteiger partial charge in [0.2, 0.25) is 5.91 Å². The van der Waals surface area contributed by atoms with E-state index in [-0.39, 0.29) is 11.8 Å². The Bertz CT molecular complexity index is 1170. The number of methoxy groups -OCH3 is 1. The number of rotatable bonds is 7. The maximum atomic E-state index is 13.6. The molecule has 6 nitrogen and oxygen atoms in total. The number of aryl methyl sites for hydroxylation is 1. The zero-order chi connectivity index (χ0) is 24.9. The zero-order valence-corrected chi connectivity index (χ0v) is 21.2. The molecule has 0 bridgehead atoms. The van der Waals surface area contributed by atoms with Crippen LogP contribution in [0, 0.1) is 13.8 Å². The Morgan fingerprint density at radius 1 is 0.886 bits per heavy atom. The van der Waals surface area contributed by atoms with Crippen LogP contribution in [0.5, 0.6) is 5.75 Å². The lowest BCUT2D eigenvalue weighted by atomic mass is 10.1. The molecule has 0 spiro atoms. The van der Waals surface area contributed by atoms with Crippen LogP contribution < -0.4 is 4.74 Å². The summed E-state index contributed by atoms with van der Waals surface area (Å²) in [6.07, 6.45) is 2.52. The Morgan fingerprint density at radius 2 is 1.51 bits per heavy atom. The lowest BCUT2D eigenvalue weighted by Crippen LogP contribution is -2.50. The highest BCUT2D eigenvalue weighted by Crippen LogP contribution is 2.31. The fourth-order valence-electron chi connectivity index (χ4n) is 4.64. The number of benzene rings is 2. The first-order valence-corrected chi connectivity index (χ1v) is 12.4.